The molecule has 0 spiro atoms. The second-order valence-corrected chi connectivity index (χ2v) is 14.4. The van der Waals surface area contributed by atoms with E-state index in [4.69, 9.17) is 4.74 Å². The Bertz CT molecular complexity index is 1610. The number of carbonyl (C=O) groups excluding carboxylic acids is 2. The fraction of sp³-hybridized carbons (Fsp3) is 0.375. The topological polar surface area (TPSA) is 80.8 Å². The van der Waals surface area contributed by atoms with Crippen LogP contribution in [0.4, 0.5) is 0 Å². The van der Waals surface area contributed by atoms with Crippen molar-refractivity contribution in [1.82, 2.24) is 4.31 Å². The predicted molar refractivity (Wildman–Crippen MR) is 149 cm³/mol. The molecule has 1 saturated carbocycles. The van der Waals surface area contributed by atoms with Gasteiger partial charge in [-0.15, -0.1) is 0 Å². The van der Waals surface area contributed by atoms with Gasteiger partial charge in [0, 0.05) is 18.2 Å². The van der Waals surface area contributed by atoms with Gasteiger partial charge in [-0.25, -0.2) is 13.2 Å². The zero-order valence-electron chi connectivity index (χ0n) is 22.6. The van der Waals surface area contributed by atoms with Crippen LogP contribution in [0.2, 0.25) is 0 Å². The number of benzene rings is 3. The number of ketones is 1. The number of carbonyl (C=O) groups is 2. The summed E-state index contributed by atoms with van der Waals surface area (Å²) in [5.74, 6) is -1.03. The molecule has 2 fully saturated rings. The molecule has 3 aliphatic rings. The number of ether oxygens (including phenoxy) is 1. The van der Waals surface area contributed by atoms with Crippen molar-refractivity contribution in [3.63, 3.8) is 0 Å². The molecule has 6 nitrogen and oxygen atoms in total. The van der Waals surface area contributed by atoms with Crippen LogP contribution in [0.5, 0.6) is 0 Å². The average molecular weight is 544 g/mol. The van der Waals surface area contributed by atoms with E-state index in [1.165, 1.54) is 29.3 Å². The van der Waals surface area contributed by atoms with E-state index in [1.807, 2.05) is 30.3 Å². The second kappa shape index (κ2) is 9.14. The van der Waals surface area contributed by atoms with Crippen molar-refractivity contribution < 1.29 is 22.7 Å². The quantitative estimate of drug-likeness (QED) is 0.224. The van der Waals surface area contributed by atoms with Crippen molar-refractivity contribution in [2.24, 2.45) is 10.8 Å². The number of Topliss-reactive ketones (excluding diaryl/α,β-unsaturated/α-hetero) is 1. The van der Waals surface area contributed by atoms with Gasteiger partial charge in [0.25, 0.3) is 0 Å². The van der Waals surface area contributed by atoms with Crippen molar-refractivity contribution in [2.75, 3.05) is 13.2 Å². The molecule has 0 unspecified atom stereocenters. The highest BCUT2D eigenvalue weighted by Gasteiger charge is 2.53. The van der Waals surface area contributed by atoms with Crippen molar-refractivity contribution in [3.8, 4) is 11.1 Å². The Labute approximate surface area is 230 Å². The third-order valence-electron chi connectivity index (χ3n) is 8.50. The second-order valence-electron chi connectivity index (χ2n) is 12.5. The molecule has 2 bridgehead atoms. The molecule has 1 saturated heterocycles. The number of hydrogen-bond donors (Lipinski definition) is 0. The van der Waals surface area contributed by atoms with Gasteiger partial charge < -0.3 is 4.74 Å². The van der Waals surface area contributed by atoms with Crippen LogP contribution in [0.15, 0.2) is 71.6 Å². The maximum Gasteiger partial charge on any atom is 0.338 e. The number of fused-ring (bicyclic) bond motifs is 5. The monoisotopic (exact) mass is 543 g/mol. The Kier molecular flexibility index (Phi) is 6.08. The molecular formula is C32H33NO5S. The van der Waals surface area contributed by atoms with Crippen LogP contribution in [0, 0.1) is 10.8 Å². The largest absolute Gasteiger partial charge is 0.454 e. The highest BCUT2D eigenvalue weighted by Crippen LogP contribution is 2.53. The Morgan fingerprint density at radius 2 is 1.67 bits per heavy atom. The molecule has 39 heavy (non-hydrogen) atoms. The van der Waals surface area contributed by atoms with E-state index >= 15 is 0 Å². The Morgan fingerprint density at radius 3 is 2.49 bits per heavy atom. The fourth-order valence-corrected chi connectivity index (χ4v) is 9.02. The molecule has 1 aliphatic heterocycles. The van der Waals surface area contributed by atoms with Crippen molar-refractivity contribution in [2.45, 2.75) is 57.4 Å². The summed E-state index contributed by atoms with van der Waals surface area (Å²) in [4.78, 5) is 25.8. The predicted octanol–water partition coefficient (Wildman–Crippen LogP) is 5.89. The van der Waals surface area contributed by atoms with E-state index < -0.39 is 22.6 Å². The number of hydrogen-bond acceptors (Lipinski definition) is 5. The smallest absolute Gasteiger partial charge is 0.338 e. The minimum absolute atomic E-state index is 0.0451. The molecule has 0 amide bonds. The third kappa shape index (κ3) is 4.72. The third-order valence-corrected chi connectivity index (χ3v) is 10.4. The standard InChI is InChI=1S/C32H33NO5S/c1-31(2)16-25-17-32(3,19-31)20-33(25)39(36,37)26-9-6-8-24(14-26)30(35)38-18-29(34)23-12-11-22-13-21-7-4-5-10-27(21)28(22)15-23/h4-12,14-15,25H,13,16-20H2,1-3H3/t25-,32-/m1/s1. The molecule has 202 valence electrons. The van der Waals surface area contributed by atoms with Crippen LogP contribution in [0.3, 0.4) is 0 Å². The molecule has 2 atom stereocenters. The number of esters is 1. The molecule has 0 aromatic heterocycles. The lowest BCUT2D eigenvalue weighted by atomic mass is 9.65. The van der Waals surface area contributed by atoms with Gasteiger partial charge in [0.2, 0.25) is 10.0 Å². The summed E-state index contributed by atoms with van der Waals surface area (Å²) >= 11 is 0. The number of sulfonamides is 1. The zero-order valence-corrected chi connectivity index (χ0v) is 23.4. The van der Waals surface area contributed by atoms with Gasteiger partial charge in [0.05, 0.1) is 10.5 Å². The van der Waals surface area contributed by atoms with Crippen LogP contribution in [0.1, 0.15) is 71.9 Å². The summed E-state index contributed by atoms with van der Waals surface area (Å²) in [6.07, 6.45) is 3.50. The summed E-state index contributed by atoms with van der Waals surface area (Å²) in [5.41, 5.74) is 5.18. The summed E-state index contributed by atoms with van der Waals surface area (Å²) in [5, 5.41) is 0. The van der Waals surface area contributed by atoms with E-state index in [2.05, 4.69) is 26.8 Å². The first kappa shape index (κ1) is 26.0. The average Bonchev–Trinajstić information content (AvgIpc) is 3.39. The van der Waals surface area contributed by atoms with Crippen LogP contribution < -0.4 is 0 Å². The molecule has 0 N–H and O–H groups in total. The van der Waals surface area contributed by atoms with Crippen LogP contribution >= 0.6 is 0 Å². The molecule has 3 aromatic rings. The lowest BCUT2D eigenvalue weighted by Gasteiger charge is -2.39. The van der Waals surface area contributed by atoms with E-state index in [1.54, 1.807) is 16.4 Å². The maximum absolute atomic E-state index is 13.7. The van der Waals surface area contributed by atoms with Gasteiger partial charge in [-0.1, -0.05) is 63.2 Å². The van der Waals surface area contributed by atoms with Gasteiger partial charge in [0.15, 0.2) is 12.4 Å². The first-order chi connectivity index (χ1) is 18.4. The van der Waals surface area contributed by atoms with E-state index in [0.717, 1.165) is 36.8 Å². The molecule has 6 rings (SSSR count). The van der Waals surface area contributed by atoms with Crippen LogP contribution in [0.25, 0.3) is 11.1 Å². The minimum Gasteiger partial charge on any atom is -0.454 e. The number of nitrogens with zero attached hydrogens (tertiary/aromatic N) is 1. The van der Waals surface area contributed by atoms with Crippen LogP contribution in [-0.4, -0.2) is 43.7 Å². The molecular weight excluding hydrogens is 510 g/mol. The number of rotatable bonds is 6. The summed E-state index contributed by atoms with van der Waals surface area (Å²) in [6.45, 7) is 6.64. The highest BCUT2D eigenvalue weighted by molar-refractivity contribution is 7.89. The van der Waals surface area contributed by atoms with Gasteiger partial charge in [-0.05, 0) is 83.0 Å². The van der Waals surface area contributed by atoms with Gasteiger partial charge in [-0.2, -0.15) is 4.31 Å². The summed E-state index contributed by atoms with van der Waals surface area (Å²) in [6, 6.07) is 19.6. The van der Waals surface area contributed by atoms with Crippen molar-refractivity contribution >= 4 is 21.8 Å². The molecule has 3 aromatic carbocycles. The zero-order chi connectivity index (χ0) is 27.6. The Hall–Kier alpha value is -3.29. The summed E-state index contributed by atoms with van der Waals surface area (Å²) < 4.78 is 34.3. The first-order valence-corrected chi connectivity index (χ1v) is 14.9. The molecule has 2 aliphatic carbocycles. The molecule has 7 heteroatoms. The fourth-order valence-electron chi connectivity index (χ4n) is 7.20. The molecule has 0 radical (unpaired) electrons. The van der Waals surface area contributed by atoms with Crippen molar-refractivity contribution in [1.29, 1.82) is 0 Å². The Morgan fingerprint density at radius 1 is 0.897 bits per heavy atom. The Balaban J connectivity index is 1.16. The minimum atomic E-state index is -3.78. The SMILES string of the molecule is CC1(C)C[C@@H]2C[C@@](C)(CN2S(=O)(=O)c2cccc(C(=O)OCC(=O)c3ccc4c(c3)-c3ccccc3C4)c2)C1. The first-order valence-electron chi connectivity index (χ1n) is 13.5. The lowest BCUT2D eigenvalue weighted by molar-refractivity contribution is 0.0474. The van der Waals surface area contributed by atoms with E-state index in [-0.39, 0.29) is 33.1 Å². The van der Waals surface area contributed by atoms with Gasteiger partial charge in [-0.3, -0.25) is 4.79 Å². The van der Waals surface area contributed by atoms with Crippen LogP contribution in [-0.2, 0) is 21.2 Å². The molecule has 1 heterocycles. The van der Waals surface area contributed by atoms with Gasteiger partial charge >= 0.3 is 5.97 Å². The van der Waals surface area contributed by atoms with E-state index in [0.29, 0.717) is 12.1 Å². The maximum atomic E-state index is 13.7. The van der Waals surface area contributed by atoms with Crippen molar-refractivity contribution in [3.05, 3.63) is 89.0 Å². The summed E-state index contributed by atoms with van der Waals surface area (Å²) in [7, 11) is -3.78. The highest BCUT2D eigenvalue weighted by atomic mass is 32.2. The normalized spacial score (nSPS) is 23.2. The van der Waals surface area contributed by atoms with E-state index in [9.17, 15) is 18.0 Å². The van der Waals surface area contributed by atoms with Gasteiger partial charge in [0.1, 0.15) is 0 Å². The lowest BCUT2D eigenvalue weighted by Crippen LogP contribution is -2.37.